The third-order valence-electron chi connectivity index (χ3n) is 6.97. The van der Waals surface area contributed by atoms with E-state index in [1.165, 1.54) is 18.2 Å². The SMILES string of the molecule is CCCOc1ccc(CN(C(=O)/C=C/c2cn(-c3ccccc3)nc2-c2ccc(F)cc2)C2CCS(=O)(=O)C2)cc1. The van der Waals surface area contributed by atoms with Crippen LogP contribution in [0.5, 0.6) is 5.75 Å². The van der Waals surface area contributed by atoms with E-state index in [4.69, 9.17) is 9.84 Å². The molecule has 0 aliphatic carbocycles. The summed E-state index contributed by atoms with van der Waals surface area (Å²) in [4.78, 5) is 15.3. The van der Waals surface area contributed by atoms with Crippen LogP contribution in [0, 0.1) is 5.82 Å². The predicted octanol–water partition coefficient (Wildman–Crippen LogP) is 5.70. The van der Waals surface area contributed by atoms with Gasteiger partial charge in [0, 0.05) is 36.0 Å². The third-order valence-corrected chi connectivity index (χ3v) is 8.72. The van der Waals surface area contributed by atoms with Crippen molar-refractivity contribution in [2.24, 2.45) is 0 Å². The van der Waals surface area contributed by atoms with Gasteiger partial charge in [-0.05, 0) is 73.0 Å². The summed E-state index contributed by atoms with van der Waals surface area (Å²) in [5, 5.41) is 4.72. The van der Waals surface area contributed by atoms with Gasteiger partial charge in [0.2, 0.25) is 5.91 Å². The van der Waals surface area contributed by atoms with Crippen molar-refractivity contribution in [1.82, 2.24) is 14.7 Å². The van der Waals surface area contributed by atoms with E-state index < -0.39 is 15.9 Å². The van der Waals surface area contributed by atoms with E-state index in [1.54, 1.807) is 27.8 Å². The summed E-state index contributed by atoms with van der Waals surface area (Å²) in [6.07, 6.45) is 6.26. The highest BCUT2D eigenvalue weighted by molar-refractivity contribution is 7.91. The van der Waals surface area contributed by atoms with Crippen LogP contribution < -0.4 is 4.74 Å². The highest BCUT2D eigenvalue weighted by atomic mass is 32.2. The van der Waals surface area contributed by atoms with E-state index in [0.29, 0.717) is 29.8 Å². The summed E-state index contributed by atoms with van der Waals surface area (Å²) in [6.45, 7) is 2.93. The number of nitrogens with zero attached hydrogens (tertiary/aromatic N) is 3. The second-order valence-corrected chi connectivity index (χ2v) is 12.3. The normalized spacial score (nSPS) is 16.2. The first-order valence-electron chi connectivity index (χ1n) is 13.6. The van der Waals surface area contributed by atoms with Gasteiger partial charge in [0.25, 0.3) is 0 Å². The van der Waals surface area contributed by atoms with Crippen molar-refractivity contribution in [3.8, 4) is 22.7 Å². The van der Waals surface area contributed by atoms with Crippen molar-refractivity contribution < 1.29 is 22.3 Å². The molecule has 1 amide bonds. The van der Waals surface area contributed by atoms with Gasteiger partial charge in [-0.15, -0.1) is 0 Å². The van der Waals surface area contributed by atoms with Crippen LogP contribution >= 0.6 is 0 Å². The van der Waals surface area contributed by atoms with Gasteiger partial charge in [0.1, 0.15) is 11.6 Å². The maximum absolute atomic E-state index is 13.6. The smallest absolute Gasteiger partial charge is 0.247 e. The van der Waals surface area contributed by atoms with Crippen LogP contribution in [0.25, 0.3) is 23.0 Å². The van der Waals surface area contributed by atoms with E-state index in [2.05, 4.69) is 0 Å². The highest BCUT2D eigenvalue weighted by Gasteiger charge is 2.34. The minimum absolute atomic E-state index is 0.0585. The summed E-state index contributed by atoms with van der Waals surface area (Å²) in [6, 6.07) is 22.7. The molecule has 1 saturated heterocycles. The average Bonchev–Trinajstić information content (AvgIpc) is 3.58. The molecule has 1 unspecified atom stereocenters. The van der Waals surface area contributed by atoms with Crippen LogP contribution in [0.1, 0.15) is 30.9 Å². The molecule has 0 spiro atoms. The first-order chi connectivity index (χ1) is 19.8. The van der Waals surface area contributed by atoms with Crippen LogP contribution in [0.2, 0.25) is 0 Å². The summed E-state index contributed by atoms with van der Waals surface area (Å²) in [5.74, 6) is 0.108. The molecule has 9 heteroatoms. The van der Waals surface area contributed by atoms with Crippen molar-refractivity contribution >= 4 is 21.8 Å². The Balaban J connectivity index is 1.44. The van der Waals surface area contributed by atoms with E-state index in [9.17, 15) is 17.6 Å². The Morgan fingerprint density at radius 3 is 2.46 bits per heavy atom. The van der Waals surface area contributed by atoms with Crippen molar-refractivity contribution in [3.63, 3.8) is 0 Å². The molecular weight excluding hydrogens is 541 g/mol. The number of aromatic nitrogens is 2. The van der Waals surface area contributed by atoms with E-state index in [0.717, 1.165) is 23.4 Å². The number of benzene rings is 3. The van der Waals surface area contributed by atoms with Crippen molar-refractivity contribution in [1.29, 1.82) is 0 Å². The maximum Gasteiger partial charge on any atom is 0.247 e. The molecule has 3 aromatic carbocycles. The van der Waals surface area contributed by atoms with Gasteiger partial charge in [-0.25, -0.2) is 17.5 Å². The monoisotopic (exact) mass is 573 g/mol. The first-order valence-corrected chi connectivity index (χ1v) is 15.5. The minimum atomic E-state index is -3.21. The molecule has 212 valence electrons. The molecule has 4 aromatic rings. The van der Waals surface area contributed by atoms with Crippen molar-refractivity contribution in [2.75, 3.05) is 18.1 Å². The Morgan fingerprint density at radius 1 is 1.07 bits per heavy atom. The van der Waals surface area contributed by atoms with Crippen LogP contribution in [-0.4, -0.2) is 53.2 Å². The minimum Gasteiger partial charge on any atom is -0.494 e. The topological polar surface area (TPSA) is 81.5 Å². The Morgan fingerprint density at radius 2 is 1.80 bits per heavy atom. The van der Waals surface area contributed by atoms with Gasteiger partial charge in [0.05, 0.1) is 29.5 Å². The third kappa shape index (κ3) is 7.10. The Kier molecular flexibility index (Phi) is 8.64. The van der Waals surface area contributed by atoms with Gasteiger partial charge < -0.3 is 9.64 Å². The Labute approximate surface area is 239 Å². The number of hydrogen-bond acceptors (Lipinski definition) is 5. The quantitative estimate of drug-likeness (QED) is 0.228. The number of amides is 1. The molecule has 1 aromatic heterocycles. The lowest BCUT2D eigenvalue weighted by molar-refractivity contribution is -0.128. The van der Waals surface area contributed by atoms with Gasteiger partial charge >= 0.3 is 0 Å². The number of carbonyl (C=O) groups is 1. The summed E-state index contributed by atoms with van der Waals surface area (Å²) in [5.41, 5.74) is 3.69. The van der Waals surface area contributed by atoms with Crippen LogP contribution in [0.4, 0.5) is 4.39 Å². The number of halogens is 1. The van der Waals surface area contributed by atoms with E-state index in [-0.39, 0.29) is 29.8 Å². The number of hydrogen-bond donors (Lipinski definition) is 0. The Hall–Kier alpha value is -4.24. The number of sulfone groups is 1. The van der Waals surface area contributed by atoms with Gasteiger partial charge in [-0.2, -0.15) is 5.10 Å². The average molecular weight is 574 g/mol. The zero-order valence-corrected chi connectivity index (χ0v) is 23.6. The largest absolute Gasteiger partial charge is 0.494 e. The fraction of sp³-hybridized carbons (Fsp3) is 0.250. The molecule has 1 atom stereocenters. The molecule has 1 aliphatic rings. The predicted molar refractivity (Wildman–Crippen MR) is 158 cm³/mol. The highest BCUT2D eigenvalue weighted by Crippen LogP contribution is 2.26. The second kappa shape index (κ2) is 12.5. The number of rotatable bonds is 10. The van der Waals surface area contributed by atoms with Crippen LogP contribution in [0.15, 0.2) is 91.1 Å². The lowest BCUT2D eigenvalue weighted by atomic mass is 10.1. The molecule has 5 rings (SSSR count). The van der Waals surface area contributed by atoms with Gasteiger partial charge in [0.15, 0.2) is 9.84 Å². The molecule has 0 N–H and O–H groups in total. The van der Waals surface area contributed by atoms with Crippen molar-refractivity contribution in [2.45, 2.75) is 32.4 Å². The number of para-hydroxylation sites is 1. The zero-order chi connectivity index (χ0) is 28.8. The lowest BCUT2D eigenvalue weighted by Gasteiger charge is -2.27. The molecule has 2 heterocycles. The molecular formula is C32H32FN3O4S. The fourth-order valence-electron chi connectivity index (χ4n) is 4.83. The molecule has 7 nitrogen and oxygen atoms in total. The van der Waals surface area contributed by atoms with E-state index >= 15 is 0 Å². The fourth-order valence-corrected chi connectivity index (χ4v) is 6.56. The first kappa shape index (κ1) is 28.3. The lowest BCUT2D eigenvalue weighted by Crippen LogP contribution is -2.39. The van der Waals surface area contributed by atoms with Gasteiger partial charge in [-0.3, -0.25) is 4.79 Å². The Bertz CT molecular complexity index is 1620. The maximum atomic E-state index is 13.6. The summed E-state index contributed by atoms with van der Waals surface area (Å²) in [7, 11) is -3.21. The summed E-state index contributed by atoms with van der Waals surface area (Å²) < 4.78 is 45.6. The van der Waals surface area contributed by atoms with E-state index in [1.807, 2.05) is 67.7 Å². The molecule has 1 aliphatic heterocycles. The van der Waals surface area contributed by atoms with Gasteiger partial charge in [-0.1, -0.05) is 37.3 Å². The number of ether oxygens (including phenoxy) is 1. The number of carbonyl (C=O) groups excluding carboxylic acids is 1. The molecule has 0 saturated carbocycles. The van der Waals surface area contributed by atoms with Crippen LogP contribution in [-0.2, 0) is 21.2 Å². The standard InChI is InChI=1S/C32H32FN3O4S/c1-2-19-40-30-15-8-24(9-16-30)21-35(29-18-20-41(38,39)23-29)31(37)17-12-26-22-36(28-6-4-3-5-7-28)34-32(26)25-10-13-27(33)14-11-25/h3-17,22,29H,2,18-21,23H2,1H3/b17-12+. The molecule has 0 radical (unpaired) electrons. The zero-order valence-electron chi connectivity index (χ0n) is 22.8. The molecule has 0 bridgehead atoms. The molecule has 41 heavy (non-hydrogen) atoms. The van der Waals surface area contributed by atoms with Crippen molar-refractivity contribution in [3.05, 3.63) is 108 Å². The summed E-state index contributed by atoms with van der Waals surface area (Å²) >= 11 is 0. The van der Waals surface area contributed by atoms with Crippen LogP contribution in [0.3, 0.4) is 0 Å². The molecule has 1 fully saturated rings. The second-order valence-electron chi connectivity index (χ2n) is 10.1.